The molecule has 2 amide bonds. The number of piperazine rings is 1. The van der Waals surface area contributed by atoms with Crippen LogP contribution in [0.15, 0.2) is 28.7 Å². The second-order valence-electron chi connectivity index (χ2n) is 7.66. The fourth-order valence-electron chi connectivity index (χ4n) is 4.10. The van der Waals surface area contributed by atoms with Crippen LogP contribution in [0.3, 0.4) is 0 Å². The van der Waals surface area contributed by atoms with E-state index in [9.17, 15) is 14.4 Å². The third-order valence-electron chi connectivity index (χ3n) is 5.72. The summed E-state index contributed by atoms with van der Waals surface area (Å²) in [5.74, 6) is 0.135. The van der Waals surface area contributed by atoms with Gasteiger partial charge in [-0.3, -0.25) is 14.4 Å². The fraction of sp³-hybridized carbons (Fsp3) is 0.409. The topological polar surface area (TPSA) is 82.9 Å². The van der Waals surface area contributed by atoms with E-state index in [0.29, 0.717) is 60.9 Å². The summed E-state index contributed by atoms with van der Waals surface area (Å²) in [4.78, 5) is 41.1. The molecule has 4 rings (SSSR count). The van der Waals surface area contributed by atoms with Crippen molar-refractivity contribution in [3.63, 3.8) is 0 Å². The predicted molar refractivity (Wildman–Crippen MR) is 113 cm³/mol. The van der Waals surface area contributed by atoms with Crippen molar-refractivity contribution in [2.24, 2.45) is 0 Å². The number of nitrogens with one attached hydrogen (secondary N) is 1. The van der Waals surface area contributed by atoms with Crippen molar-refractivity contribution in [2.75, 3.05) is 37.6 Å². The minimum Gasteiger partial charge on any atom is -0.455 e. The second-order valence-corrected chi connectivity index (χ2v) is 8.10. The molecule has 0 saturated carbocycles. The Kier molecular flexibility index (Phi) is 5.81. The SMILES string of the molecule is Cc1c(C(=O)NCC(=O)N2CCN(c3cccc(Cl)c3)CC2)oc2c1C(=O)CCC2. The molecule has 30 heavy (non-hydrogen) atoms. The number of Topliss-reactive ketones (excluding diaryl/α,β-unsaturated/α-hetero) is 1. The van der Waals surface area contributed by atoms with E-state index in [2.05, 4.69) is 10.2 Å². The van der Waals surface area contributed by atoms with E-state index in [0.717, 1.165) is 12.1 Å². The number of anilines is 1. The maximum absolute atomic E-state index is 12.5. The number of aryl methyl sites for hydroxylation is 1. The molecule has 0 atom stereocenters. The number of halogens is 1. The summed E-state index contributed by atoms with van der Waals surface area (Å²) in [6.45, 7) is 4.16. The maximum Gasteiger partial charge on any atom is 0.287 e. The number of hydrogen-bond acceptors (Lipinski definition) is 5. The Balaban J connectivity index is 1.31. The molecule has 2 aliphatic rings. The minimum atomic E-state index is -0.458. The molecule has 1 fully saturated rings. The highest BCUT2D eigenvalue weighted by molar-refractivity contribution is 6.30. The van der Waals surface area contributed by atoms with Gasteiger partial charge in [-0.1, -0.05) is 17.7 Å². The summed E-state index contributed by atoms with van der Waals surface area (Å²) in [6.07, 6.45) is 1.87. The van der Waals surface area contributed by atoms with Crippen molar-refractivity contribution in [3.05, 3.63) is 51.9 Å². The Bertz CT molecular complexity index is 992. The van der Waals surface area contributed by atoms with E-state index >= 15 is 0 Å². The number of benzene rings is 1. The molecular formula is C22H24ClN3O4. The van der Waals surface area contributed by atoms with Gasteiger partial charge in [-0.2, -0.15) is 0 Å². The molecular weight excluding hydrogens is 406 g/mol. The number of ketones is 1. The standard InChI is InChI=1S/C22H24ClN3O4/c1-14-20-17(27)6-3-7-18(20)30-21(14)22(29)24-13-19(28)26-10-8-25(9-11-26)16-5-2-4-15(23)12-16/h2,4-5,12H,3,6-11,13H2,1H3,(H,24,29). The zero-order chi connectivity index (χ0) is 21.3. The van der Waals surface area contributed by atoms with Gasteiger partial charge in [-0.05, 0) is 31.5 Å². The van der Waals surface area contributed by atoms with Crippen LogP contribution in [0.5, 0.6) is 0 Å². The van der Waals surface area contributed by atoms with E-state index in [1.165, 1.54) is 0 Å². The van der Waals surface area contributed by atoms with Crippen LogP contribution in [0.2, 0.25) is 5.02 Å². The number of hydrogen-bond donors (Lipinski definition) is 1. The summed E-state index contributed by atoms with van der Waals surface area (Å²) < 4.78 is 5.64. The molecule has 1 N–H and O–H groups in total. The van der Waals surface area contributed by atoms with Gasteiger partial charge in [0.2, 0.25) is 5.91 Å². The number of furan rings is 1. The van der Waals surface area contributed by atoms with Gasteiger partial charge in [0.05, 0.1) is 12.1 Å². The van der Waals surface area contributed by atoms with E-state index in [-0.39, 0.29) is 24.0 Å². The lowest BCUT2D eigenvalue weighted by atomic mass is 9.94. The molecule has 1 aliphatic heterocycles. The monoisotopic (exact) mass is 429 g/mol. The molecule has 1 aromatic carbocycles. The Morgan fingerprint density at radius 2 is 1.93 bits per heavy atom. The molecule has 2 heterocycles. The zero-order valence-corrected chi connectivity index (χ0v) is 17.6. The average molecular weight is 430 g/mol. The largest absolute Gasteiger partial charge is 0.455 e. The van der Waals surface area contributed by atoms with Crippen molar-refractivity contribution in [1.82, 2.24) is 10.2 Å². The highest BCUT2D eigenvalue weighted by Crippen LogP contribution is 2.29. The summed E-state index contributed by atoms with van der Waals surface area (Å²) in [7, 11) is 0. The van der Waals surface area contributed by atoms with E-state index in [1.54, 1.807) is 11.8 Å². The summed E-state index contributed by atoms with van der Waals surface area (Å²) >= 11 is 6.06. The second kappa shape index (κ2) is 8.52. The van der Waals surface area contributed by atoms with Crippen LogP contribution in [0, 0.1) is 6.92 Å². The normalized spacial score (nSPS) is 16.4. The molecule has 0 bridgehead atoms. The van der Waals surface area contributed by atoms with Gasteiger partial charge < -0.3 is 19.5 Å². The van der Waals surface area contributed by atoms with E-state index in [4.69, 9.17) is 16.0 Å². The van der Waals surface area contributed by atoms with Crippen molar-refractivity contribution >= 4 is 34.9 Å². The van der Waals surface area contributed by atoms with Gasteiger partial charge >= 0.3 is 0 Å². The highest BCUT2D eigenvalue weighted by atomic mass is 35.5. The molecule has 1 aromatic heterocycles. The average Bonchev–Trinajstić information content (AvgIpc) is 3.10. The first-order valence-electron chi connectivity index (χ1n) is 10.2. The third kappa shape index (κ3) is 4.07. The highest BCUT2D eigenvalue weighted by Gasteiger charge is 2.29. The molecule has 1 aliphatic carbocycles. The van der Waals surface area contributed by atoms with Crippen LogP contribution in [0.1, 0.15) is 45.1 Å². The van der Waals surface area contributed by atoms with Crippen LogP contribution in [-0.4, -0.2) is 55.2 Å². The van der Waals surface area contributed by atoms with Crippen LogP contribution in [0.25, 0.3) is 0 Å². The van der Waals surface area contributed by atoms with E-state index in [1.807, 2.05) is 24.3 Å². The molecule has 158 valence electrons. The van der Waals surface area contributed by atoms with Gasteiger partial charge in [-0.25, -0.2) is 0 Å². The van der Waals surface area contributed by atoms with Crippen molar-refractivity contribution in [2.45, 2.75) is 26.2 Å². The summed E-state index contributed by atoms with van der Waals surface area (Å²) in [5, 5.41) is 3.33. The minimum absolute atomic E-state index is 0.0187. The molecule has 0 unspecified atom stereocenters. The van der Waals surface area contributed by atoms with Crippen LogP contribution < -0.4 is 10.2 Å². The number of amides is 2. The molecule has 2 aromatic rings. The van der Waals surface area contributed by atoms with Gasteiger partial charge in [0.1, 0.15) is 5.76 Å². The molecule has 8 heteroatoms. The van der Waals surface area contributed by atoms with Crippen molar-refractivity contribution in [1.29, 1.82) is 0 Å². The Morgan fingerprint density at radius 3 is 2.63 bits per heavy atom. The van der Waals surface area contributed by atoms with Gasteiger partial charge in [0, 0.05) is 55.3 Å². The Morgan fingerprint density at radius 1 is 1.17 bits per heavy atom. The lowest BCUT2D eigenvalue weighted by Gasteiger charge is -2.36. The van der Waals surface area contributed by atoms with Crippen molar-refractivity contribution in [3.8, 4) is 0 Å². The lowest BCUT2D eigenvalue weighted by Crippen LogP contribution is -2.51. The zero-order valence-electron chi connectivity index (χ0n) is 16.9. The maximum atomic E-state index is 12.5. The number of nitrogens with zero attached hydrogens (tertiary/aromatic N) is 2. The number of carbonyl (C=O) groups is 3. The molecule has 0 radical (unpaired) electrons. The van der Waals surface area contributed by atoms with Gasteiger partial charge in [-0.15, -0.1) is 0 Å². The third-order valence-corrected chi connectivity index (χ3v) is 5.95. The molecule has 0 spiro atoms. The van der Waals surface area contributed by atoms with Gasteiger partial charge in [0.25, 0.3) is 5.91 Å². The first kappa shape index (κ1) is 20.5. The number of rotatable bonds is 4. The first-order chi connectivity index (χ1) is 14.4. The summed E-state index contributed by atoms with van der Waals surface area (Å²) in [5.41, 5.74) is 2.14. The number of fused-ring (bicyclic) bond motifs is 1. The van der Waals surface area contributed by atoms with E-state index < -0.39 is 5.91 Å². The van der Waals surface area contributed by atoms with Crippen LogP contribution >= 0.6 is 11.6 Å². The molecule has 1 saturated heterocycles. The Labute approximate surface area is 180 Å². The fourth-order valence-corrected chi connectivity index (χ4v) is 4.28. The predicted octanol–water partition coefficient (Wildman–Crippen LogP) is 2.84. The first-order valence-corrected chi connectivity index (χ1v) is 10.5. The summed E-state index contributed by atoms with van der Waals surface area (Å²) in [6, 6.07) is 7.65. The smallest absolute Gasteiger partial charge is 0.287 e. The van der Waals surface area contributed by atoms with Crippen LogP contribution in [-0.2, 0) is 11.2 Å². The van der Waals surface area contributed by atoms with Gasteiger partial charge in [0.15, 0.2) is 11.5 Å². The van der Waals surface area contributed by atoms with Crippen molar-refractivity contribution < 1.29 is 18.8 Å². The quantitative estimate of drug-likeness (QED) is 0.808. The lowest BCUT2D eigenvalue weighted by molar-refractivity contribution is -0.130. The molecule has 7 nitrogen and oxygen atoms in total. The van der Waals surface area contributed by atoms with Crippen LogP contribution in [0.4, 0.5) is 5.69 Å². The number of carbonyl (C=O) groups excluding carboxylic acids is 3. The Hall–Kier alpha value is -2.80.